The molecule has 2 N–H and O–H groups in total. The van der Waals surface area contributed by atoms with Gasteiger partial charge in [0, 0.05) is 18.4 Å². The summed E-state index contributed by atoms with van der Waals surface area (Å²) in [5.74, 6) is -2.50. The number of halogens is 4. The zero-order valence-corrected chi connectivity index (χ0v) is 8.80. The third kappa shape index (κ3) is 2.62. The number of anilines is 1. The predicted octanol–water partition coefficient (Wildman–Crippen LogP) is 3.38. The van der Waals surface area contributed by atoms with Gasteiger partial charge in [-0.1, -0.05) is 0 Å². The highest BCUT2D eigenvalue weighted by Crippen LogP contribution is 2.41. The lowest BCUT2D eigenvalue weighted by Crippen LogP contribution is -2.43. The monoisotopic (exact) mass is 249 g/mol. The van der Waals surface area contributed by atoms with E-state index in [1.54, 1.807) is 0 Å². The number of hydrogen-bond donors (Lipinski definition) is 1. The van der Waals surface area contributed by atoms with Crippen LogP contribution in [0.2, 0.25) is 0 Å². The average molecular weight is 249 g/mol. The van der Waals surface area contributed by atoms with Gasteiger partial charge in [-0.3, -0.25) is 0 Å². The molecule has 0 unspecified atom stereocenters. The molecule has 0 aliphatic heterocycles. The van der Waals surface area contributed by atoms with Gasteiger partial charge in [0.1, 0.15) is 11.9 Å². The number of hydrogen-bond acceptors (Lipinski definition) is 2. The van der Waals surface area contributed by atoms with Crippen molar-refractivity contribution in [1.29, 1.82) is 0 Å². The van der Waals surface area contributed by atoms with E-state index in [4.69, 9.17) is 10.5 Å². The molecule has 6 heteroatoms. The van der Waals surface area contributed by atoms with Crippen LogP contribution < -0.4 is 10.5 Å². The Balaban J connectivity index is 2.03. The molecule has 0 amide bonds. The molecule has 1 fully saturated rings. The molecule has 0 spiro atoms. The molecule has 1 aromatic carbocycles. The lowest BCUT2D eigenvalue weighted by molar-refractivity contribution is -0.134. The lowest BCUT2D eigenvalue weighted by Gasteiger charge is -2.35. The summed E-state index contributed by atoms with van der Waals surface area (Å²) in [4.78, 5) is 0. The van der Waals surface area contributed by atoms with Crippen molar-refractivity contribution in [1.82, 2.24) is 0 Å². The van der Waals surface area contributed by atoms with Gasteiger partial charge in [0.25, 0.3) is 12.3 Å². The van der Waals surface area contributed by atoms with Crippen LogP contribution in [0.3, 0.4) is 0 Å². The van der Waals surface area contributed by atoms with Gasteiger partial charge in [0.05, 0.1) is 5.69 Å². The van der Waals surface area contributed by atoms with Crippen LogP contribution in [0.5, 0.6) is 5.75 Å². The summed E-state index contributed by atoms with van der Waals surface area (Å²) in [6, 6.07) is 3.55. The van der Waals surface area contributed by atoms with E-state index in [2.05, 4.69) is 0 Å². The third-order valence-electron chi connectivity index (χ3n) is 2.63. The molecule has 0 atom stereocenters. The van der Waals surface area contributed by atoms with Crippen LogP contribution in [0.1, 0.15) is 24.8 Å². The Hall–Kier alpha value is -1.46. The summed E-state index contributed by atoms with van der Waals surface area (Å²) < 4.78 is 55.0. The molecule has 94 valence electrons. The van der Waals surface area contributed by atoms with Crippen molar-refractivity contribution in [3.63, 3.8) is 0 Å². The zero-order valence-electron chi connectivity index (χ0n) is 8.80. The Kier molecular flexibility index (Phi) is 2.89. The summed E-state index contributed by atoms with van der Waals surface area (Å²) in [6.45, 7) is 0. The quantitative estimate of drug-likeness (QED) is 0.658. The first-order valence-electron chi connectivity index (χ1n) is 5.09. The van der Waals surface area contributed by atoms with Gasteiger partial charge in [0.15, 0.2) is 0 Å². The van der Waals surface area contributed by atoms with Gasteiger partial charge in [0.2, 0.25) is 0 Å². The average Bonchev–Trinajstić information content (AvgIpc) is 2.17. The smallest absolute Gasteiger partial charge is 0.263 e. The molecule has 2 nitrogen and oxygen atoms in total. The highest BCUT2D eigenvalue weighted by Gasteiger charge is 2.47. The fourth-order valence-corrected chi connectivity index (χ4v) is 1.68. The zero-order chi connectivity index (χ0) is 12.6. The van der Waals surface area contributed by atoms with E-state index >= 15 is 0 Å². The molecule has 0 heterocycles. The van der Waals surface area contributed by atoms with E-state index in [0.717, 1.165) is 6.07 Å². The largest absolute Gasteiger partial charge is 0.488 e. The number of rotatable bonds is 3. The third-order valence-corrected chi connectivity index (χ3v) is 2.63. The number of alkyl halides is 4. The first kappa shape index (κ1) is 12.0. The molecule has 1 aliphatic rings. The summed E-state index contributed by atoms with van der Waals surface area (Å²) in [6.07, 6.45) is -3.92. The molecule has 2 rings (SSSR count). The first-order valence-corrected chi connectivity index (χ1v) is 5.09. The van der Waals surface area contributed by atoms with Crippen LogP contribution in [-0.2, 0) is 0 Å². The van der Waals surface area contributed by atoms with Gasteiger partial charge < -0.3 is 10.5 Å². The fraction of sp³-hybridized carbons (Fsp3) is 0.455. The van der Waals surface area contributed by atoms with Gasteiger partial charge in [-0.15, -0.1) is 0 Å². The minimum absolute atomic E-state index is 0.0398. The molecule has 0 bridgehead atoms. The van der Waals surface area contributed by atoms with E-state index in [0.29, 0.717) is 0 Å². The van der Waals surface area contributed by atoms with Gasteiger partial charge in [-0.25, -0.2) is 17.6 Å². The highest BCUT2D eigenvalue weighted by molar-refractivity contribution is 5.54. The molecule has 17 heavy (non-hydrogen) atoms. The standard InChI is InChI=1S/C11H11F4NO/c12-10(13)6-1-2-9(8(16)3-6)17-7-4-11(14,15)5-7/h1-3,7,10H,4-5,16H2. The number of ether oxygens (including phenoxy) is 1. The first-order chi connectivity index (χ1) is 7.87. The van der Waals surface area contributed by atoms with Crippen LogP contribution in [0, 0.1) is 0 Å². The minimum atomic E-state index is -2.68. The van der Waals surface area contributed by atoms with E-state index in [-0.39, 0.29) is 29.8 Å². The molecule has 0 aromatic heterocycles. The number of benzene rings is 1. The second-order valence-corrected chi connectivity index (χ2v) is 4.10. The molecule has 1 saturated carbocycles. The van der Waals surface area contributed by atoms with Crippen molar-refractivity contribution in [3.8, 4) is 5.75 Å². The van der Waals surface area contributed by atoms with Gasteiger partial charge in [-0.05, 0) is 18.2 Å². The molecular formula is C11H11F4NO. The Morgan fingerprint density at radius 1 is 1.29 bits per heavy atom. The van der Waals surface area contributed by atoms with Crippen molar-refractivity contribution < 1.29 is 22.3 Å². The van der Waals surface area contributed by atoms with Gasteiger partial charge in [-0.2, -0.15) is 0 Å². The summed E-state index contributed by atoms with van der Waals surface area (Å²) in [7, 11) is 0. The Labute approximate surface area is 95.4 Å². The maximum atomic E-state index is 12.6. The maximum absolute atomic E-state index is 12.6. The molecular weight excluding hydrogens is 238 g/mol. The minimum Gasteiger partial charge on any atom is -0.488 e. The molecule has 0 radical (unpaired) electrons. The topological polar surface area (TPSA) is 35.2 Å². The molecule has 0 saturated heterocycles. The second kappa shape index (κ2) is 4.09. The number of nitrogens with two attached hydrogens (primary N) is 1. The van der Waals surface area contributed by atoms with Crippen LogP contribution in [0.25, 0.3) is 0 Å². The number of nitrogen functional groups attached to an aromatic ring is 1. The van der Waals surface area contributed by atoms with Crippen LogP contribution in [0.15, 0.2) is 18.2 Å². The summed E-state index contributed by atoms with van der Waals surface area (Å²) >= 11 is 0. The second-order valence-electron chi connectivity index (χ2n) is 4.10. The maximum Gasteiger partial charge on any atom is 0.263 e. The normalized spacial score (nSPS) is 19.1. The fourth-order valence-electron chi connectivity index (χ4n) is 1.68. The van der Waals surface area contributed by atoms with Crippen molar-refractivity contribution in [2.45, 2.75) is 31.3 Å². The van der Waals surface area contributed by atoms with Gasteiger partial charge >= 0.3 is 0 Å². The van der Waals surface area contributed by atoms with Crippen molar-refractivity contribution in [2.75, 3.05) is 5.73 Å². The highest BCUT2D eigenvalue weighted by atomic mass is 19.3. The SMILES string of the molecule is Nc1cc(C(F)F)ccc1OC1CC(F)(F)C1. The van der Waals surface area contributed by atoms with Crippen molar-refractivity contribution in [3.05, 3.63) is 23.8 Å². The van der Waals surface area contributed by atoms with E-state index in [9.17, 15) is 17.6 Å². The molecule has 1 aromatic rings. The van der Waals surface area contributed by atoms with Crippen LogP contribution in [-0.4, -0.2) is 12.0 Å². The Morgan fingerprint density at radius 3 is 2.41 bits per heavy atom. The van der Waals surface area contributed by atoms with E-state index in [1.807, 2.05) is 0 Å². The van der Waals surface area contributed by atoms with Crippen molar-refractivity contribution in [2.24, 2.45) is 0 Å². The summed E-state index contributed by atoms with van der Waals surface area (Å²) in [5.41, 5.74) is 5.33. The Morgan fingerprint density at radius 2 is 1.94 bits per heavy atom. The summed E-state index contributed by atoms with van der Waals surface area (Å²) in [5, 5.41) is 0. The van der Waals surface area contributed by atoms with Crippen LogP contribution in [0.4, 0.5) is 23.2 Å². The van der Waals surface area contributed by atoms with Crippen molar-refractivity contribution >= 4 is 5.69 Å². The van der Waals surface area contributed by atoms with E-state index in [1.165, 1.54) is 12.1 Å². The van der Waals surface area contributed by atoms with E-state index < -0.39 is 18.5 Å². The Bertz CT molecular complexity index is 414. The predicted molar refractivity (Wildman–Crippen MR) is 54.4 cm³/mol. The lowest BCUT2D eigenvalue weighted by atomic mass is 9.91. The molecule has 1 aliphatic carbocycles. The van der Waals surface area contributed by atoms with Crippen LogP contribution >= 0.6 is 0 Å².